The van der Waals surface area contributed by atoms with Gasteiger partial charge in [-0.05, 0) is 12.2 Å². The maximum atomic E-state index is 8.38. The molecule has 0 amide bonds. The van der Waals surface area contributed by atoms with Gasteiger partial charge >= 0.3 is 0 Å². The Kier molecular flexibility index (Phi) is 5.48. The third-order valence-corrected chi connectivity index (χ3v) is 0.905. The summed E-state index contributed by atoms with van der Waals surface area (Å²) in [5.41, 5.74) is 0. The molecule has 0 rings (SSSR count). The van der Waals surface area contributed by atoms with Crippen LogP contribution in [0.4, 0.5) is 0 Å². The first kappa shape index (κ1) is 8.98. The molecule has 0 fully saturated rings. The van der Waals surface area contributed by atoms with Crippen molar-refractivity contribution in [2.45, 2.75) is 0 Å². The molecule has 0 aromatic carbocycles. The van der Waals surface area contributed by atoms with E-state index in [1.54, 1.807) is 31.4 Å². The molecule has 0 aliphatic heterocycles. The lowest BCUT2D eigenvalue weighted by molar-refractivity contribution is 0.304. The number of methoxy groups -OCH3 is 1. The summed E-state index contributed by atoms with van der Waals surface area (Å²) in [6.45, 7) is 3.53. The van der Waals surface area contributed by atoms with E-state index in [1.165, 1.54) is 0 Å². The van der Waals surface area contributed by atoms with Crippen molar-refractivity contribution in [2.75, 3.05) is 13.7 Å². The largest absolute Gasteiger partial charge is 0.497 e. The van der Waals surface area contributed by atoms with Crippen LogP contribution < -0.4 is 0 Å². The number of ether oxygens (including phenoxy) is 1. The highest BCUT2D eigenvalue weighted by Gasteiger charge is 1.82. The molecule has 0 spiro atoms. The average Bonchev–Trinajstić information content (AvgIpc) is 1.98. The Morgan fingerprint density at radius 3 is 2.80 bits per heavy atom. The van der Waals surface area contributed by atoms with E-state index < -0.39 is 0 Å². The topological polar surface area (TPSA) is 29.5 Å². The molecule has 0 heterocycles. The predicted octanol–water partition coefficient (Wildman–Crippen LogP) is 1.25. The Bertz CT molecular complexity index is 145. The van der Waals surface area contributed by atoms with Crippen LogP contribution in [-0.2, 0) is 4.74 Å². The van der Waals surface area contributed by atoms with Crippen LogP contribution in [0.1, 0.15) is 0 Å². The minimum atomic E-state index is 0.0256. The van der Waals surface area contributed by atoms with Crippen LogP contribution in [0.25, 0.3) is 0 Å². The molecule has 1 N–H and O–H groups in total. The molecule has 2 nitrogen and oxygen atoms in total. The molecule has 0 aliphatic rings. The van der Waals surface area contributed by atoms with Crippen LogP contribution >= 0.6 is 0 Å². The standard InChI is InChI=1S/C8H12O2/c1-3-5-8(10-2)6-4-7-9/h3-6,9H,1,7H2,2H3/b6-4-,8-5+. The summed E-state index contributed by atoms with van der Waals surface area (Å²) >= 11 is 0. The molecule has 0 unspecified atom stereocenters. The van der Waals surface area contributed by atoms with Crippen molar-refractivity contribution < 1.29 is 9.84 Å². The van der Waals surface area contributed by atoms with Crippen molar-refractivity contribution in [2.24, 2.45) is 0 Å². The Morgan fingerprint density at radius 1 is 1.70 bits per heavy atom. The Morgan fingerprint density at radius 2 is 2.40 bits per heavy atom. The molecular weight excluding hydrogens is 128 g/mol. The SMILES string of the molecule is C=C/C=C(\C=C/CO)OC. The first-order valence-electron chi connectivity index (χ1n) is 2.99. The maximum absolute atomic E-state index is 8.38. The molecular formula is C8H12O2. The zero-order chi connectivity index (χ0) is 7.82. The molecule has 0 saturated heterocycles. The third kappa shape index (κ3) is 3.92. The zero-order valence-electron chi connectivity index (χ0n) is 6.08. The van der Waals surface area contributed by atoms with Crippen LogP contribution in [0.15, 0.2) is 36.6 Å². The van der Waals surface area contributed by atoms with Gasteiger partial charge in [-0.25, -0.2) is 0 Å². The van der Waals surface area contributed by atoms with Crippen LogP contribution in [0.5, 0.6) is 0 Å². The highest BCUT2D eigenvalue weighted by molar-refractivity contribution is 5.16. The zero-order valence-corrected chi connectivity index (χ0v) is 6.08. The summed E-state index contributed by atoms with van der Waals surface area (Å²) in [5.74, 6) is 0.684. The van der Waals surface area contributed by atoms with Gasteiger partial charge in [0.1, 0.15) is 5.76 Å². The maximum Gasteiger partial charge on any atom is 0.118 e. The fourth-order valence-corrected chi connectivity index (χ4v) is 0.477. The second-order valence-corrected chi connectivity index (χ2v) is 1.59. The molecule has 0 radical (unpaired) electrons. The van der Waals surface area contributed by atoms with Crippen molar-refractivity contribution >= 4 is 0 Å². The lowest BCUT2D eigenvalue weighted by Crippen LogP contribution is -1.81. The van der Waals surface area contributed by atoms with E-state index in [-0.39, 0.29) is 6.61 Å². The summed E-state index contributed by atoms with van der Waals surface area (Å²) in [6.07, 6.45) is 6.62. The van der Waals surface area contributed by atoms with E-state index in [0.29, 0.717) is 5.76 Å². The summed E-state index contributed by atoms with van der Waals surface area (Å²) in [6, 6.07) is 0. The van der Waals surface area contributed by atoms with Gasteiger partial charge in [0.05, 0.1) is 13.7 Å². The molecule has 0 aliphatic carbocycles. The average molecular weight is 140 g/mol. The van der Waals surface area contributed by atoms with Gasteiger partial charge in [-0.1, -0.05) is 18.7 Å². The van der Waals surface area contributed by atoms with Crippen molar-refractivity contribution in [1.29, 1.82) is 0 Å². The van der Waals surface area contributed by atoms with Gasteiger partial charge in [-0.2, -0.15) is 0 Å². The fraction of sp³-hybridized carbons (Fsp3) is 0.250. The second-order valence-electron chi connectivity index (χ2n) is 1.59. The molecule has 0 aromatic rings. The van der Waals surface area contributed by atoms with Gasteiger partial charge in [0.15, 0.2) is 0 Å². The smallest absolute Gasteiger partial charge is 0.118 e. The normalized spacial score (nSPS) is 12.0. The fourth-order valence-electron chi connectivity index (χ4n) is 0.477. The van der Waals surface area contributed by atoms with Gasteiger partial charge in [-0.15, -0.1) is 0 Å². The van der Waals surface area contributed by atoms with Crippen LogP contribution in [-0.4, -0.2) is 18.8 Å². The van der Waals surface area contributed by atoms with E-state index in [2.05, 4.69) is 6.58 Å². The van der Waals surface area contributed by atoms with Gasteiger partial charge in [0.2, 0.25) is 0 Å². The lowest BCUT2D eigenvalue weighted by Gasteiger charge is -1.96. The van der Waals surface area contributed by atoms with E-state index in [1.807, 2.05) is 0 Å². The van der Waals surface area contributed by atoms with E-state index >= 15 is 0 Å². The van der Waals surface area contributed by atoms with Crippen LogP contribution in [0, 0.1) is 0 Å². The summed E-state index contributed by atoms with van der Waals surface area (Å²) in [7, 11) is 1.57. The van der Waals surface area contributed by atoms with Crippen LogP contribution in [0.3, 0.4) is 0 Å². The van der Waals surface area contributed by atoms with Gasteiger partial charge < -0.3 is 9.84 Å². The number of hydrogen-bond donors (Lipinski definition) is 1. The van der Waals surface area contributed by atoms with Crippen molar-refractivity contribution in [3.05, 3.63) is 36.6 Å². The molecule has 10 heavy (non-hydrogen) atoms. The highest BCUT2D eigenvalue weighted by atomic mass is 16.5. The first-order chi connectivity index (χ1) is 4.85. The molecule has 0 saturated carbocycles. The van der Waals surface area contributed by atoms with Gasteiger partial charge in [-0.3, -0.25) is 0 Å². The molecule has 0 atom stereocenters. The number of rotatable bonds is 4. The predicted molar refractivity (Wildman–Crippen MR) is 41.5 cm³/mol. The first-order valence-corrected chi connectivity index (χ1v) is 2.99. The number of allylic oxidation sites excluding steroid dienone is 3. The Labute approximate surface area is 61.1 Å². The Hall–Kier alpha value is -1.02. The molecule has 0 aromatic heterocycles. The molecule has 2 heteroatoms. The minimum absolute atomic E-state index is 0.0256. The minimum Gasteiger partial charge on any atom is -0.497 e. The Balaban J connectivity index is 3.94. The number of aliphatic hydroxyl groups excluding tert-OH is 1. The monoisotopic (exact) mass is 140 g/mol. The van der Waals surface area contributed by atoms with Gasteiger partial charge in [0.25, 0.3) is 0 Å². The second kappa shape index (κ2) is 6.11. The van der Waals surface area contributed by atoms with Crippen molar-refractivity contribution in [1.82, 2.24) is 0 Å². The van der Waals surface area contributed by atoms with E-state index in [9.17, 15) is 0 Å². The molecule has 56 valence electrons. The van der Waals surface area contributed by atoms with Crippen molar-refractivity contribution in [3.8, 4) is 0 Å². The van der Waals surface area contributed by atoms with Crippen LogP contribution in [0.2, 0.25) is 0 Å². The summed E-state index contributed by atoms with van der Waals surface area (Å²) in [5, 5.41) is 8.38. The summed E-state index contributed by atoms with van der Waals surface area (Å²) < 4.78 is 4.88. The van der Waals surface area contributed by atoms with Crippen molar-refractivity contribution in [3.63, 3.8) is 0 Å². The van der Waals surface area contributed by atoms with E-state index in [4.69, 9.17) is 9.84 Å². The highest BCUT2D eigenvalue weighted by Crippen LogP contribution is 1.96. The van der Waals surface area contributed by atoms with Gasteiger partial charge in [0, 0.05) is 0 Å². The molecule has 0 bridgehead atoms. The number of hydrogen-bond acceptors (Lipinski definition) is 2. The third-order valence-electron chi connectivity index (χ3n) is 0.905. The van der Waals surface area contributed by atoms with E-state index in [0.717, 1.165) is 0 Å². The summed E-state index contributed by atoms with van der Waals surface area (Å²) in [4.78, 5) is 0. The lowest BCUT2D eigenvalue weighted by atomic mass is 10.4. The quantitative estimate of drug-likeness (QED) is 0.470. The number of aliphatic hydroxyl groups is 1.